The van der Waals surface area contributed by atoms with Crippen LogP contribution in [0.5, 0.6) is 0 Å². The third-order valence-corrected chi connectivity index (χ3v) is 5.14. The molecule has 0 amide bonds. The number of nitrogens with one attached hydrogen (secondary N) is 4. The SMILES string of the molecule is CC(C)(C)c1ccc(CNC(=S)NCc2ccc(NS(C)(=O)=O)c(NN)c2)cc1. The molecule has 6 N–H and O–H groups in total. The molecule has 0 saturated heterocycles. The Morgan fingerprint density at radius 2 is 1.52 bits per heavy atom. The zero-order valence-corrected chi connectivity index (χ0v) is 18.8. The highest BCUT2D eigenvalue weighted by molar-refractivity contribution is 7.92. The lowest BCUT2D eigenvalue weighted by molar-refractivity contribution is 0.590. The van der Waals surface area contributed by atoms with Crippen LogP contribution in [0, 0.1) is 0 Å². The summed E-state index contributed by atoms with van der Waals surface area (Å²) in [7, 11) is -3.39. The lowest BCUT2D eigenvalue weighted by Gasteiger charge is -2.19. The average molecular weight is 436 g/mol. The zero-order chi connectivity index (χ0) is 21.7. The lowest BCUT2D eigenvalue weighted by Crippen LogP contribution is -2.34. The van der Waals surface area contributed by atoms with Gasteiger partial charge in [0.05, 0.1) is 17.6 Å². The number of hydrazine groups is 1. The van der Waals surface area contributed by atoms with Gasteiger partial charge in [0.1, 0.15) is 0 Å². The number of nitrogen functional groups attached to an aromatic ring is 1. The van der Waals surface area contributed by atoms with Crippen molar-refractivity contribution in [3.63, 3.8) is 0 Å². The molecule has 0 radical (unpaired) electrons. The van der Waals surface area contributed by atoms with Crippen LogP contribution in [0.2, 0.25) is 0 Å². The maximum atomic E-state index is 11.4. The first-order valence-electron chi connectivity index (χ1n) is 9.16. The van der Waals surface area contributed by atoms with Crippen LogP contribution in [0.4, 0.5) is 11.4 Å². The van der Waals surface area contributed by atoms with E-state index in [1.54, 1.807) is 18.2 Å². The minimum absolute atomic E-state index is 0.131. The Bertz CT molecular complexity index is 952. The van der Waals surface area contributed by atoms with Gasteiger partial charge in [0.2, 0.25) is 10.0 Å². The summed E-state index contributed by atoms with van der Waals surface area (Å²) in [5.41, 5.74) is 6.84. The third kappa shape index (κ3) is 7.52. The highest BCUT2D eigenvalue weighted by atomic mass is 32.2. The monoisotopic (exact) mass is 435 g/mol. The van der Waals surface area contributed by atoms with Crippen molar-refractivity contribution in [2.75, 3.05) is 16.4 Å². The van der Waals surface area contributed by atoms with E-state index in [0.29, 0.717) is 29.6 Å². The number of sulfonamides is 1. The van der Waals surface area contributed by atoms with Crippen LogP contribution in [0.25, 0.3) is 0 Å². The lowest BCUT2D eigenvalue weighted by atomic mass is 9.87. The van der Waals surface area contributed by atoms with E-state index in [2.05, 4.69) is 65.8 Å². The number of nitrogens with two attached hydrogens (primary N) is 1. The van der Waals surface area contributed by atoms with Crippen molar-refractivity contribution >= 4 is 38.7 Å². The topological polar surface area (TPSA) is 108 Å². The van der Waals surface area contributed by atoms with Crippen molar-refractivity contribution < 1.29 is 8.42 Å². The molecule has 0 fully saturated rings. The number of anilines is 2. The Labute approximate surface area is 178 Å². The fraction of sp³-hybridized carbons (Fsp3) is 0.350. The first kappa shape index (κ1) is 22.9. The Morgan fingerprint density at radius 1 is 0.966 bits per heavy atom. The Hall–Kier alpha value is -2.36. The highest BCUT2D eigenvalue weighted by Gasteiger charge is 2.13. The molecule has 29 heavy (non-hydrogen) atoms. The van der Waals surface area contributed by atoms with E-state index in [9.17, 15) is 8.42 Å². The molecule has 0 spiro atoms. The van der Waals surface area contributed by atoms with Gasteiger partial charge in [-0.2, -0.15) is 0 Å². The predicted octanol–water partition coefficient (Wildman–Crippen LogP) is 2.81. The van der Waals surface area contributed by atoms with Gasteiger partial charge < -0.3 is 16.1 Å². The molecule has 9 heteroatoms. The average Bonchev–Trinajstić information content (AvgIpc) is 2.64. The number of rotatable bonds is 7. The van der Waals surface area contributed by atoms with Crippen LogP contribution < -0.4 is 26.6 Å². The van der Waals surface area contributed by atoms with Crippen LogP contribution in [0.3, 0.4) is 0 Å². The minimum Gasteiger partial charge on any atom is -0.359 e. The quantitative estimate of drug-likeness (QED) is 0.258. The van der Waals surface area contributed by atoms with E-state index < -0.39 is 10.0 Å². The molecule has 158 valence electrons. The molecule has 0 unspecified atom stereocenters. The zero-order valence-electron chi connectivity index (χ0n) is 17.2. The number of thiocarbonyl (C=S) groups is 1. The second kappa shape index (κ2) is 9.43. The summed E-state index contributed by atoms with van der Waals surface area (Å²) in [6.07, 6.45) is 1.09. The standard InChI is InChI=1S/C20H29N5O2S2/c1-20(2,3)16-8-5-14(6-9-16)12-22-19(28)23-13-15-7-10-17(18(11-15)24-21)25-29(4,26)27/h5-11,24-25H,12-13,21H2,1-4H3,(H2,22,23,28). The number of hydrogen-bond donors (Lipinski definition) is 5. The van der Waals surface area contributed by atoms with Gasteiger partial charge >= 0.3 is 0 Å². The Morgan fingerprint density at radius 3 is 2.03 bits per heavy atom. The van der Waals surface area contributed by atoms with Crippen LogP contribution in [0.1, 0.15) is 37.5 Å². The molecular formula is C20H29N5O2S2. The number of hydrogen-bond acceptors (Lipinski definition) is 5. The van der Waals surface area contributed by atoms with Gasteiger partial charge in [-0.15, -0.1) is 0 Å². The minimum atomic E-state index is -3.39. The highest BCUT2D eigenvalue weighted by Crippen LogP contribution is 2.23. The summed E-state index contributed by atoms with van der Waals surface area (Å²) in [5, 5.41) is 6.86. The van der Waals surface area contributed by atoms with Crippen LogP contribution in [0.15, 0.2) is 42.5 Å². The summed E-state index contributed by atoms with van der Waals surface area (Å²) >= 11 is 5.34. The second-order valence-electron chi connectivity index (χ2n) is 7.88. The summed E-state index contributed by atoms with van der Waals surface area (Å²) in [4.78, 5) is 0. The summed E-state index contributed by atoms with van der Waals surface area (Å²) in [6.45, 7) is 7.67. The Kier molecular flexibility index (Phi) is 7.45. The Balaban J connectivity index is 1.89. The molecule has 2 aromatic carbocycles. The molecule has 0 aliphatic carbocycles. The molecule has 0 aliphatic heterocycles. The van der Waals surface area contributed by atoms with E-state index in [0.717, 1.165) is 17.4 Å². The van der Waals surface area contributed by atoms with Gasteiger partial charge in [-0.05, 0) is 46.5 Å². The molecule has 0 aliphatic rings. The predicted molar refractivity (Wildman–Crippen MR) is 124 cm³/mol. The van der Waals surface area contributed by atoms with Gasteiger partial charge in [0.15, 0.2) is 5.11 Å². The van der Waals surface area contributed by atoms with E-state index in [-0.39, 0.29) is 5.41 Å². The fourth-order valence-electron chi connectivity index (χ4n) is 2.66. The fourth-order valence-corrected chi connectivity index (χ4v) is 3.38. The van der Waals surface area contributed by atoms with Crippen molar-refractivity contribution in [2.45, 2.75) is 39.3 Å². The summed E-state index contributed by atoms with van der Waals surface area (Å²) < 4.78 is 25.2. The van der Waals surface area contributed by atoms with Crippen LogP contribution in [-0.4, -0.2) is 19.8 Å². The summed E-state index contributed by atoms with van der Waals surface area (Å²) in [6, 6.07) is 13.7. The molecule has 2 rings (SSSR count). The maximum Gasteiger partial charge on any atom is 0.229 e. The smallest absolute Gasteiger partial charge is 0.229 e. The van der Waals surface area contributed by atoms with Crippen molar-refractivity contribution in [1.82, 2.24) is 10.6 Å². The normalized spacial score (nSPS) is 11.6. The van der Waals surface area contributed by atoms with E-state index in [1.165, 1.54) is 5.56 Å². The van der Waals surface area contributed by atoms with Crippen LogP contribution in [-0.2, 0) is 28.5 Å². The first-order chi connectivity index (χ1) is 13.5. The third-order valence-electron chi connectivity index (χ3n) is 4.26. The van der Waals surface area contributed by atoms with Gasteiger partial charge in [0, 0.05) is 13.1 Å². The first-order valence-corrected chi connectivity index (χ1v) is 11.5. The number of benzene rings is 2. The van der Waals surface area contributed by atoms with Gasteiger partial charge in [0.25, 0.3) is 0 Å². The van der Waals surface area contributed by atoms with Crippen molar-refractivity contribution in [1.29, 1.82) is 0 Å². The van der Waals surface area contributed by atoms with Crippen molar-refractivity contribution in [3.05, 3.63) is 59.2 Å². The molecular weight excluding hydrogens is 406 g/mol. The van der Waals surface area contributed by atoms with Gasteiger partial charge in [-0.3, -0.25) is 10.6 Å². The molecule has 0 bridgehead atoms. The maximum absolute atomic E-state index is 11.4. The van der Waals surface area contributed by atoms with Crippen molar-refractivity contribution in [2.24, 2.45) is 5.84 Å². The molecule has 7 nitrogen and oxygen atoms in total. The van der Waals surface area contributed by atoms with E-state index in [4.69, 9.17) is 18.1 Å². The molecule has 0 aromatic heterocycles. The van der Waals surface area contributed by atoms with E-state index >= 15 is 0 Å². The summed E-state index contributed by atoms with van der Waals surface area (Å²) in [5.74, 6) is 5.50. The second-order valence-corrected chi connectivity index (χ2v) is 10.0. The molecule has 2 aromatic rings. The van der Waals surface area contributed by atoms with E-state index in [1.807, 2.05) is 0 Å². The van der Waals surface area contributed by atoms with Crippen LogP contribution >= 0.6 is 12.2 Å². The van der Waals surface area contributed by atoms with Gasteiger partial charge in [-0.1, -0.05) is 51.1 Å². The molecule has 0 saturated carbocycles. The van der Waals surface area contributed by atoms with Crippen molar-refractivity contribution in [3.8, 4) is 0 Å². The molecule has 0 heterocycles. The largest absolute Gasteiger partial charge is 0.359 e. The molecule has 0 atom stereocenters. The van der Waals surface area contributed by atoms with Gasteiger partial charge in [-0.25, -0.2) is 8.42 Å².